The van der Waals surface area contributed by atoms with E-state index in [1.807, 2.05) is 68.0 Å². The van der Waals surface area contributed by atoms with Gasteiger partial charge in [0.2, 0.25) is 0 Å². The van der Waals surface area contributed by atoms with Gasteiger partial charge in [-0.25, -0.2) is 0 Å². The van der Waals surface area contributed by atoms with E-state index >= 15 is 0 Å². The number of fused-ring (bicyclic) bond motifs is 1. The minimum absolute atomic E-state index is 0.637. The summed E-state index contributed by atoms with van der Waals surface area (Å²) >= 11 is 0. The SMILES string of the molecule is CCOc1ccc(-n2c(-c3ccccc3)cc(C=Nc3cccc4cnccc34)c2-c2ccccc2)cc1. The molecule has 0 saturated heterocycles. The van der Waals surface area contributed by atoms with Crippen LogP contribution in [-0.2, 0) is 0 Å². The lowest BCUT2D eigenvalue weighted by molar-refractivity contribution is 0.340. The third-order valence-electron chi connectivity index (χ3n) is 6.55. The molecule has 2 heterocycles. The van der Waals surface area contributed by atoms with Crippen molar-refractivity contribution in [1.29, 1.82) is 0 Å². The van der Waals surface area contributed by atoms with Gasteiger partial charge in [0.1, 0.15) is 5.75 Å². The Morgan fingerprint density at radius 3 is 2.26 bits per heavy atom. The van der Waals surface area contributed by atoms with Gasteiger partial charge < -0.3 is 9.30 Å². The van der Waals surface area contributed by atoms with Gasteiger partial charge in [-0.2, -0.15) is 0 Å². The zero-order valence-corrected chi connectivity index (χ0v) is 21.2. The fraction of sp³-hybridized carbons (Fsp3) is 0.0588. The minimum Gasteiger partial charge on any atom is -0.494 e. The fourth-order valence-corrected chi connectivity index (χ4v) is 4.82. The van der Waals surface area contributed by atoms with E-state index < -0.39 is 0 Å². The molecular formula is C34H27N3O. The largest absolute Gasteiger partial charge is 0.494 e. The van der Waals surface area contributed by atoms with Crippen LogP contribution < -0.4 is 4.74 Å². The number of nitrogens with zero attached hydrogens (tertiary/aromatic N) is 3. The van der Waals surface area contributed by atoms with Crippen LogP contribution in [0.15, 0.2) is 133 Å². The molecule has 2 aromatic heterocycles. The number of pyridine rings is 1. The van der Waals surface area contributed by atoms with Gasteiger partial charge in [0.15, 0.2) is 0 Å². The predicted molar refractivity (Wildman–Crippen MR) is 157 cm³/mol. The lowest BCUT2D eigenvalue weighted by Crippen LogP contribution is -2.01. The van der Waals surface area contributed by atoms with Gasteiger partial charge in [0.25, 0.3) is 0 Å². The summed E-state index contributed by atoms with van der Waals surface area (Å²) in [6.07, 6.45) is 5.67. The molecule has 4 nitrogen and oxygen atoms in total. The van der Waals surface area contributed by atoms with Crippen molar-refractivity contribution >= 4 is 22.7 Å². The molecule has 38 heavy (non-hydrogen) atoms. The van der Waals surface area contributed by atoms with E-state index in [1.165, 1.54) is 0 Å². The zero-order chi connectivity index (χ0) is 25.7. The smallest absolute Gasteiger partial charge is 0.119 e. The minimum atomic E-state index is 0.637. The van der Waals surface area contributed by atoms with Crippen LogP contribution in [0, 0.1) is 0 Å². The molecule has 0 saturated carbocycles. The molecule has 6 aromatic rings. The number of aliphatic imine (C=N–C) groups is 1. The third-order valence-corrected chi connectivity index (χ3v) is 6.55. The van der Waals surface area contributed by atoms with Gasteiger partial charge in [-0.15, -0.1) is 0 Å². The Morgan fingerprint density at radius 1 is 0.789 bits per heavy atom. The van der Waals surface area contributed by atoms with Gasteiger partial charge in [0, 0.05) is 40.6 Å². The number of rotatable bonds is 7. The first-order valence-electron chi connectivity index (χ1n) is 12.8. The highest BCUT2D eigenvalue weighted by molar-refractivity contribution is 5.98. The van der Waals surface area contributed by atoms with Crippen molar-refractivity contribution in [1.82, 2.24) is 9.55 Å². The molecule has 0 amide bonds. The van der Waals surface area contributed by atoms with E-state index in [4.69, 9.17) is 9.73 Å². The molecule has 4 aromatic carbocycles. The molecule has 0 bridgehead atoms. The van der Waals surface area contributed by atoms with Crippen LogP contribution in [0.4, 0.5) is 5.69 Å². The quantitative estimate of drug-likeness (QED) is 0.209. The first kappa shape index (κ1) is 23.4. The second-order valence-corrected chi connectivity index (χ2v) is 8.96. The topological polar surface area (TPSA) is 39.4 Å². The molecule has 6 rings (SSSR count). The lowest BCUT2D eigenvalue weighted by atomic mass is 10.1. The fourth-order valence-electron chi connectivity index (χ4n) is 4.82. The predicted octanol–water partition coefficient (Wildman–Crippen LogP) is 8.51. The maximum absolute atomic E-state index is 5.72. The summed E-state index contributed by atoms with van der Waals surface area (Å²) in [6.45, 7) is 2.64. The molecule has 184 valence electrons. The maximum Gasteiger partial charge on any atom is 0.119 e. The van der Waals surface area contributed by atoms with Gasteiger partial charge >= 0.3 is 0 Å². The lowest BCUT2D eigenvalue weighted by Gasteiger charge is -2.15. The highest BCUT2D eigenvalue weighted by Gasteiger charge is 2.19. The van der Waals surface area contributed by atoms with Crippen LogP contribution in [0.5, 0.6) is 5.75 Å². The van der Waals surface area contributed by atoms with Crippen molar-refractivity contribution < 1.29 is 4.74 Å². The molecule has 0 atom stereocenters. The maximum atomic E-state index is 5.72. The van der Waals surface area contributed by atoms with E-state index in [0.29, 0.717) is 6.61 Å². The second kappa shape index (κ2) is 10.6. The first-order chi connectivity index (χ1) is 18.8. The summed E-state index contributed by atoms with van der Waals surface area (Å²) in [4.78, 5) is 9.25. The highest BCUT2D eigenvalue weighted by atomic mass is 16.5. The van der Waals surface area contributed by atoms with E-state index in [0.717, 1.165) is 56.0 Å². The summed E-state index contributed by atoms with van der Waals surface area (Å²) in [6, 6.07) is 39.6. The molecule has 0 radical (unpaired) electrons. The van der Waals surface area contributed by atoms with E-state index in [-0.39, 0.29) is 0 Å². The average Bonchev–Trinajstić information content (AvgIpc) is 3.37. The van der Waals surface area contributed by atoms with Crippen molar-refractivity contribution in [2.24, 2.45) is 4.99 Å². The van der Waals surface area contributed by atoms with Crippen LogP contribution in [0.3, 0.4) is 0 Å². The Balaban J connectivity index is 1.58. The summed E-state index contributed by atoms with van der Waals surface area (Å²) in [5.41, 5.74) is 7.44. The van der Waals surface area contributed by atoms with E-state index in [2.05, 4.69) is 82.3 Å². The molecule has 0 spiro atoms. The van der Waals surface area contributed by atoms with Gasteiger partial charge in [-0.3, -0.25) is 9.98 Å². The monoisotopic (exact) mass is 493 g/mol. The molecule has 0 aliphatic heterocycles. The molecule has 0 fully saturated rings. The van der Waals surface area contributed by atoms with Gasteiger partial charge in [0.05, 0.1) is 23.7 Å². The number of benzene rings is 4. The Kier molecular flexibility index (Phi) is 6.52. The number of ether oxygens (including phenoxy) is 1. The van der Waals surface area contributed by atoms with Gasteiger partial charge in [-0.05, 0) is 60.5 Å². The van der Waals surface area contributed by atoms with Crippen molar-refractivity contribution in [3.63, 3.8) is 0 Å². The molecule has 0 aliphatic carbocycles. The molecule has 0 N–H and O–H groups in total. The van der Waals surface area contributed by atoms with Gasteiger partial charge in [-0.1, -0.05) is 72.8 Å². The second-order valence-electron chi connectivity index (χ2n) is 8.96. The Morgan fingerprint density at radius 2 is 1.53 bits per heavy atom. The Bertz CT molecular complexity index is 1700. The summed E-state index contributed by atoms with van der Waals surface area (Å²) < 4.78 is 8.03. The van der Waals surface area contributed by atoms with Crippen molar-refractivity contribution in [2.75, 3.05) is 6.61 Å². The molecule has 0 unspecified atom stereocenters. The third kappa shape index (κ3) is 4.60. The van der Waals surface area contributed by atoms with Crippen molar-refractivity contribution in [3.05, 3.63) is 133 Å². The van der Waals surface area contributed by atoms with Crippen LogP contribution in [0.25, 0.3) is 39.0 Å². The standard InChI is InChI=1S/C34H27N3O/c1-2-38-30-18-16-29(17-19-30)37-33(25-10-5-3-6-11-25)22-28(34(37)26-12-7-4-8-13-26)24-36-32-15-9-14-27-23-35-21-20-31(27)32/h3-24H,2H2,1H3. The highest BCUT2D eigenvalue weighted by Crippen LogP contribution is 2.36. The van der Waals surface area contributed by atoms with Crippen LogP contribution >= 0.6 is 0 Å². The summed E-state index contributed by atoms with van der Waals surface area (Å²) in [7, 11) is 0. The molecule has 0 aliphatic rings. The summed E-state index contributed by atoms with van der Waals surface area (Å²) in [5.74, 6) is 0.859. The van der Waals surface area contributed by atoms with Crippen LogP contribution in [-0.4, -0.2) is 22.4 Å². The number of hydrogen-bond donors (Lipinski definition) is 0. The average molecular weight is 494 g/mol. The summed E-state index contributed by atoms with van der Waals surface area (Å²) in [5, 5.41) is 2.15. The van der Waals surface area contributed by atoms with E-state index in [1.54, 1.807) is 0 Å². The number of aromatic nitrogens is 2. The number of hydrogen-bond acceptors (Lipinski definition) is 3. The van der Waals surface area contributed by atoms with Crippen molar-refractivity contribution in [2.45, 2.75) is 6.92 Å². The van der Waals surface area contributed by atoms with Crippen molar-refractivity contribution in [3.8, 4) is 34.0 Å². The van der Waals surface area contributed by atoms with Crippen LogP contribution in [0.1, 0.15) is 12.5 Å². The molecule has 4 heteroatoms. The van der Waals surface area contributed by atoms with E-state index in [9.17, 15) is 0 Å². The molecular weight excluding hydrogens is 466 g/mol. The Hall–Kier alpha value is -4.96. The first-order valence-corrected chi connectivity index (χ1v) is 12.8. The Labute approximate surface area is 222 Å². The van der Waals surface area contributed by atoms with Crippen LogP contribution in [0.2, 0.25) is 0 Å². The zero-order valence-electron chi connectivity index (χ0n) is 21.2. The normalized spacial score (nSPS) is 11.3.